The largest absolute Gasteiger partial charge is 0.476 e. The van der Waals surface area contributed by atoms with Crippen molar-refractivity contribution < 1.29 is 9.47 Å². The summed E-state index contributed by atoms with van der Waals surface area (Å²) in [6, 6.07) is 3.72. The lowest BCUT2D eigenvalue weighted by Gasteiger charge is -2.30. The summed E-state index contributed by atoms with van der Waals surface area (Å²) in [6.45, 7) is 4.18. The van der Waals surface area contributed by atoms with Gasteiger partial charge in [-0.15, -0.1) is 0 Å². The zero-order chi connectivity index (χ0) is 14.7. The summed E-state index contributed by atoms with van der Waals surface area (Å²) >= 11 is 0. The van der Waals surface area contributed by atoms with Gasteiger partial charge in [0.15, 0.2) is 0 Å². The number of ether oxygens (including phenoxy) is 2. The van der Waals surface area contributed by atoms with Crippen LogP contribution < -0.4 is 15.8 Å². The molecular formula is C15H24N4O2. The number of nitrogen functional groups attached to an aromatic ring is 1. The molecule has 1 saturated carbocycles. The van der Waals surface area contributed by atoms with Crippen LogP contribution in [0.15, 0.2) is 12.1 Å². The van der Waals surface area contributed by atoms with E-state index in [1.807, 2.05) is 12.1 Å². The Kier molecular flexibility index (Phi) is 4.45. The Balaban J connectivity index is 1.53. The van der Waals surface area contributed by atoms with Gasteiger partial charge in [0.25, 0.3) is 0 Å². The van der Waals surface area contributed by atoms with E-state index in [1.165, 1.54) is 12.8 Å². The average molecular weight is 292 g/mol. The minimum atomic E-state index is 0.193. The fraction of sp³-hybridized carbons (Fsp3) is 0.667. The Hall–Kier alpha value is -1.53. The molecule has 1 atom stereocenters. The van der Waals surface area contributed by atoms with E-state index in [9.17, 15) is 0 Å². The van der Waals surface area contributed by atoms with E-state index in [0.29, 0.717) is 17.5 Å². The lowest BCUT2D eigenvalue weighted by atomic mass is 10.3. The fourth-order valence-electron chi connectivity index (χ4n) is 2.36. The predicted octanol–water partition coefficient (Wildman–Crippen LogP) is 1.20. The van der Waals surface area contributed by atoms with Crippen molar-refractivity contribution in [3.8, 4) is 5.88 Å². The number of nitrogens with zero attached hydrogens (tertiary/aromatic N) is 2. The summed E-state index contributed by atoms with van der Waals surface area (Å²) in [4.78, 5) is 6.72. The zero-order valence-corrected chi connectivity index (χ0v) is 12.5. The Morgan fingerprint density at radius 1 is 1.48 bits per heavy atom. The summed E-state index contributed by atoms with van der Waals surface area (Å²) in [5.41, 5.74) is 6.50. The number of likely N-dealkylation sites (N-methyl/N-ethyl adjacent to an activating group) is 1. The second-order valence-corrected chi connectivity index (χ2v) is 5.98. The third-order valence-electron chi connectivity index (χ3n) is 3.90. The Morgan fingerprint density at radius 3 is 3.10 bits per heavy atom. The molecule has 1 unspecified atom stereocenters. The highest BCUT2D eigenvalue weighted by atomic mass is 16.5. The number of nitrogens with two attached hydrogens (primary N) is 1. The molecule has 6 heteroatoms. The molecule has 2 heterocycles. The van der Waals surface area contributed by atoms with Crippen LogP contribution in [0, 0.1) is 5.92 Å². The molecule has 0 aromatic carbocycles. The van der Waals surface area contributed by atoms with Crippen LogP contribution in [0.25, 0.3) is 0 Å². The second kappa shape index (κ2) is 6.49. The minimum Gasteiger partial charge on any atom is -0.476 e. The summed E-state index contributed by atoms with van der Waals surface area (Å²) in [6.07, 6.45) is 2.70. The van der Waals surface area contributed by atoms with Crippen LogP contribution in [0.1, 0.15) is 12.8 Å². The second-order valence-electron chi connectivity index (χ2n) is 5.98. The standard InChI is InChI=1S/C15H24N4O2/c1-19-6-7-20-12(9-19)8-17-14-5-4-13(16)15(18-14)21-10-11-2-3-11/h4-5,11-12H,2-3,6-10,16H2,1H3,(H,17,18). The highest BCUT2D eigenvalue weighted by Gasteiger charge is 2.22. The first-order valence-electron chi connectivity index (χ1n) is 7.64. The van der Waals surface area contributed by atoms with E-state index < -0.39 is 0 Å². The van der Waals surface area contributed by atoms with Gasteiger partial charge in [0, 0.05) is 19.6 Å². The maximum atomic E-state index is 5.91. The summed E-state index contributed by atoms with van der Waals surface area (Å²) in [7, 11) is 2.11. The first-order chi connectivity index (χ1) is 10.2. The monoisotopic (exact) mass is 292 g/mol. The van der Waals surface area contributed by atoms with E-state index in [4.69, 9.17) is 15.2 Å². The number of rotatable bonds is 6. The summed E-state index contributed by atoms with van der Waals surface area (Å²) in [5.74, 6) is 2.01. The van der Waals surface area contributed by atoms with E-state index in [-0.39, 0.29) is 6.10 Å². The van der Waals surface area contributed by atoms with Gasteiger partial charge in [0.2, 0.25) is 5.88 Å². The van der Waals surface area contributed by atoms with Gasteiger partial charge < -0.3 is 25.4 Å². The summed E-state index contributed by atoms with van der Waals surface area (Å²) < 4.78 is 11.4. The van der Waals surface area contributed by atoms with Crippen molar-refractivity contribution in [2.45, 2.75) is 18.9 Å². The molecule has 3 rings (SSSR count). The number of anilines is 2. The first kappa shape index (κ1) is 14.4. The van der Waals surface area contributed by atoms with Crippen molar-refractivity contribution >= 4 is 11.5 Å². The van der Waals surface area contributed by atoms with Crippen LogP contribution in [0.3, 0.4) is 0 Å². The van der Waals surface area contributed by atoms with Crippen molar-refractivity contribution in [3.05, 3.63) is 12.1 Å². The number of hydrogen-bond donors (Lipinski definition) is 2. The highest BCUT2D eigenvalue weighted by Crippen LogP contribution is 2.30. The van der Waals surface area contributed by atoms with Crippen molar-refractivity contribution in [3.63, 3.8) is 0 Å². The Labute approximate surface area is 125 Å². The van der Waals surface area contributed by atoms with Crippen LogP contribution in [-0.4, -0.2) is 55.9 Å². The average Bonchev–Trinajstić information content (AvgIpc) is 3.29. The molecule has 1 saturated heterocycles. The molecule has 1 aromatic heterocycles. The highest BCUT2D eigenvalue weighted by molar-refractivity contribution is 5.53. The van der Waals surface area contributed by atoms with Crippen LogP contribution in [0.4, 0.5) is 11.5 Å². The van der Waals surface area contributed by atoms with Crippen LogP contribution in [0.5, 0.6) is 5.88 Å². The summed E-state index contributed by atoms with van der Waals surface area (Å²) in [5, 5.41) is 3.31. The van der Waals surface area contributed by atoms with E-state index in [0.717, 1.165) is 38.7 Å². The fourth-order valence-corrected chi connectivity index (χ4v) is 2.36. The van der Waals surface area contributed by atoms with Crippen LogP contribution in [-0.2, 0) is 4.74 Å². The third-order valence-corrected chi connectivity index (χ3v) is 3.90. The molecule has 6 nitrogen and oxygen atoms in total. The molecule has 1 aromatic rings. The maximum Gasteiger partial charge on any atom is 0.239 e. The van der Waals surface area contributed by atoms with Crippen molar-refractivity contribution in [2.24, 2.45) is 5.92 Å². The molecule has 21 heavy (non-hydrogen) atoms. The molecule has 2 fully saturated rings. The normalized spacial score (nSPS) is 23.0. The molecule has 0 amide bonds. The zero-order valence-electron chi connectivity index (χ0n) is 12.5. The molecule has 0 bridgehead atoms. The van der Waals surface area contributed by atoms with Gasteiger partial charge in [0.05, 0.1) is 25.0 Å². The number of aromatic nitrogens is 1. The SMILES string of the molecule is CN1CCOC(CNc2ccc(N)c(OCC3CC3)n2)C1. The molecule has 0 spiro atoms. The molecular weight excluding hydrogens is 268 g/mol. The topological polar surface area (TPSA) is 72.6 Å². The molecule has 3 N–H and O–H groups in total. The molecule has 0 radical (unpaired) electrons. The minimum absolute atomic E-state index is 0.193. The molecule has 1 aliphatic heterocycles. The quantitative estimate of drug-likeness (QED) is 0.821. The lowest BCUT2D eigenvalue weighted by molar-refractivity contribution is -0.0117. The molecule has 116 valence electrons. The van der Waals surface area contributed by atoms with Gasteiger partial charge >= 0.3 is 0 Å². The smallest absolute Gasteiger partial charge is 0.239 e. The van der Waals surface area contributed by atoms with Crippen LogP contribution in [0.2, 0.25) is 0 Å². The van der Waals surface area contributed by atoms with Crippen molar-refractivity contribution in [2.75, 3.05) is 50.9 Å². The van der Waals surface area contributed by atoms with Gasteiger partial charge in [-0.05, 0) is 37.9 Å². The van der Waals surface area contributed by atoms with E-state index in [1.54, 1.807) is 0 Å². The number of morpholine rings is 1. The maximum absolute atomic E-state index is 5.91. The lowest BCUT2D eigenvalue weighted by Crippen LogP contribution is -2.43. The number of nitrogens with one attached hydrogen (secondary N) is 1. The number of pyridine rings is 1. The van der Waals surface area contributed by atoms with Gasteiger partial charge in [0.1, 0.15) is 5.82 Å². The van der Waals surface area contributed by atoms with E-state index >= 15 is 0 Å². The Bertz CT molecular complexity index is 479. The third kappa shape index (κ3) is 4.22. The van der Waals surface area contributed by atoms with Crippen molar-refractivity contribution in [1.82, 2.24) is 9.88 Å². The van der Waals surface area contributed by atoms with Gasteiger partial charge in [-0.2, -0.15) is 4.98 Å². The first-order valence-corrected chi connectivity index (χ1v) is 7.64. The van der Waals surface area contributed by atoms with Crippen molar-refractivity contribution in [1.29, 1.82) is 0 Å². The predicted molar refractivity (Wildman–Crippen MR) is 82.6 cm³/mol. The number of hydrogen-bond acceptors (Lipinski definition) is 6. The Morgan fingerprint density at radius 2 is 2.33 bits per heavy atom. The molecule has 1 aliphatic carbocycles. The van der Waals surface area contributed by atoms with Crippen LogP contribution >= 0.6 is 0 Å². The van der Waals surface area contributed by atoms with Gasteiger partial charge in [-0.1, -0.05) is 0 Å². The van der Waals surface area contributed by atoms with E-state index in [2.05, 4.69) is 22.2 Å². The van der Waals surface area contributed by atoms with Gasteiger partial charge in [-0.3, -0.25) is 0 Å². The molecule has 2 aliphatic rings. The van der Waals surface area contributed by atoms with Gasteiger partial charge in [-0.25, -0.2) is 0 Å².